The van der Waals surface area contributed by atoms with Crippen LogP contribution in [0.25, 0.3) is 0 Å². The monoisotopic (exact) mass is 888 g/mol. The Morgan fingerprint density at radius 1 is 0.559 bits per heavy atom. The summed E-state index contributed by atoms with van der Waals surface area (Å²) in [5.41, 5.74) is 4.61. The third-order valence-corrected chi connectivity index (χ3v) is 11.4. The molecule has 0 radical (unpaired) electrons. The SMILES string of the molecule is C1CCCC1.C1CCCC1.C=CC1CCCC1.CC(C)C(=O)Nc1ccc(CC(C)C2CCCC2)cc1.CC(C)C(=O)Nc1ccc(N=Nc2ccccc2)cc1.[Fe].[Fe]. The third kappa shape index (κ3) is 24.1. The first kappa shape index (κ1) is 54.0. The standard InChI is InChI=1S/C18H27NO.C16H17N3O.C7H12.2C5H10.2Fe/c1-13(2)18(20)19-17-10-8-15(9-11-17)12-14(3)16-6-4-5-7-16;1-12(2)16(20)17-13-8-10-15(11-9-13)19-18-14-6-4-3-5-7-14;1-2-7-5-3-4-6-7;2*1-2-4-5-3-1;;/h8-11,13-14,16H,4-7,12H2,1-3H3,(H,19,20);3-12H,1-2H3,(H,17,20);2,7H,1,3-6H2;2*1-5H2;;. The van der Waals surface area contributed by atoms with Crippen molar-refractivity contribution in [1.29, 1.82) is 0 Å². The molecular formula is C51H76Fe2N4O2. The van der Waals surface area contributed by atoms with Gasteiger partial charge in [-0.3, -0.25) is 9.59 Å². The van der Waals surface area contributed by atoms with Gasteiger partial charge in [-0.2, -0.15) is 10.2 Å². The minimum absolute atomic E-state index is 0. The Bertz CT molecular complexity index is 1520. The Kier molecular flexibility index (Phi) is 29.9. The van der Waals surface area contributed by atoms with E-state index in [1.807, 2.05) is 94.4 Å². The summed E-state index contributed by atoms with van der Waals surface area (Å²) in [6.45, 7) is 13.7. The molecule has 4 saturated carbocycles. The van der Waals surface area contributed by atoms with Gasteiger partial charge in [0.25, 0.3) is 0 Å². The number of rotatable bonds is 10. The van der Waals surface area contributed by atoms with Gasteiger partial charge in [0, 0.05) is 57.3 Å². The van der Waals surface area contributed by atoms with Crippen molar-refractivity contribution in [2.45, 2.75) is 157 Å². The van der Waals surface area contributed by atoms with Crippen molar-refractivity contribution in [3.05, 3.63) is 97.1 Å². The molecule has 1 unspecified atom stereocenters. The molecule has 4 aliphatic rings. The average Bonchev–Trinajstić information content (AvgIpc) is 4.09. The van der Waals surface area contributed by atoms with Gasteiger partial charge in [0.15, 0.2) is 0 Å². The molecule has 0 spiro atoms. The van der Waals surface area contributed by atoms with Crippen molar-refractivity contribution in [3.63, 3.8) is 0 Å². The van der Waals surface area contributed by atoms with E-state index in [0.717, 1.165) is 46.9 Å². The van der Waals surface area contributed by atoms with Crippen molar-refractivity contribution in [3.8, 4) is 0 Å². The molecule has 3 aromatic carbocycles. The van der Waals surface area contributed by atoms with Crippen molar-refractivity contribution in [2.75, 3.05) is 10.6 Å². The fraction of sp³-hybridized carbons (Fsp3) is 0.569. The number of azo groups is 1. The van der Waals surface area contributed by atoms with Crippen LogP contribution in [0.3, 0.4) is 0 Å². The number of amides is 2. The minimum Gasteiger partial charge on any atom is -0.326 e. The van der Waals surface area contributed by atoms with E-state index in [4.69, 9.17) is 0 Å². The summed E-state index contributed by atoms with van der Waals surface area (Å²) in [5.74, 6) is 2.62. The van der Waals surface area contributed by atoms with Crippen molar-refractivity contribution >= 4 is 34.6 Å². The van der Waals surface area contributed by atoms with Crippen LogP contribution in [0.15, 0.2) is 102 Å². The van der Waals surface area contributed by atoms with Crippen LogP contribution in [0.5, 0.6) is 0 Å². The number of hydrogen-bond donors (Lipinski definition) is 2. The molecule has 0 aliphatic heterocycles. The Morgan fingerprint density at radius 3 is 1.31 bits per heavy atom. The summed E-state index contributed by atoms with van der Waals surface area (Å²) in [4.78, 5) is 23.2. The van der Waals surface area contributed by atoms with Gasteiger partial charge in [-0.25, -0.2) is 0 Å². The van der Waals surface area contributed by atoms with E-state index in [-0.39, 0.29) is 57.8 Å². The average molecular weight is 889 g/mol. The summed E-state index contributed by atoms with van der Waals surface area (Å²) < 4.78 is 0. The maximum absolute atomic E-state index is 11.6. The van der Waals surface area contributed by atoms with Crippen LogP contribution in [0.4, 0.5) is 22.7 Å². The normalized spacial score (nSPS) is 16.4. The number of nitrogens with zero attached hydrogens (tertiary/aromatic N) is 2. The summed E-state index contributed by atoms with van der Waals surface area (Å²) >= 11 is 0. The molecule has 0 bridgehead atoms. The third-order valence-electron chi connectivity index (χ3n) is 11.4. The number of allylic oxidation sites excluding steroid dienone is 1. The summed E-state index contributed by atoms with van der Waals surface area (Å²) in [5, 5.41) is 14.0. The Morgan fingerprint density at radius 2 is 0.932 bits per heavy atom. The van der Waals surface area contributed by atoms with Crippen LogP contribution in [0.1, 0.15) is 156 Å². The molecule has 59 heavy (non-hydrogen) atoms. The molecule has 0 heterocycles. The Labute approximate surface area is 380 Å². The number of benzene rings is 3. The molecule has 3 aromatic rings. The van der Waals surface area contributed by atoms with Gasteiger partial charge in [0.2, 0.25) is 11.8 Å². The fourth-order valence-corrected chi connectivity index (χ4v) is 7.54. The molecule has 2 N–H and O–H groups in total. The van der Waals surface area contributed by atoms with Gasteiger partial charge in [-0.1, -0.05) is 174 Å². The van der Waals surface area contributed by atoms with Crippen LogP contribution < -0.4 is 10.6 Å². The van der Waals surface area contributed by atoms with Gasteiger partial charge in [-0.15, -0.1) is 6.58 Å². The second kappa shape index (κ2) is 32.7. The maximum atomic E-state index is 11.6. The first-order valence-electron chi connectivity index (χ1n) is 22.5. The zero-order valence-electron chi connectivity index (χ0n) is 37.0. The quantitative estimate of drug-likeness (QED) is 0.121. The van der Waals surface area contributed by atoms with Gasteiger partial charge in [-0.05, 0) is 91.1 Å². The number of anilines is 2. The van der Waals surface area contributed by atoms with Crippen LogP contribution in [0.2, 0.25) is 0 Å². The van der Waals surface area contributed by atoms with E-state index < -0.39 is 0 Å². The summed E-state index contributed by atoms with van der Waals surface area (Å²) in [6.07, 6.45) is 29.5. The number of nitrogens with one attached hydrogen (secondary N) is 2. The first-order chi connectivity index (χ1) is 27.6. The van der Waals surface area contributed by atoms with Gasteiger partial charge in [0.05, 0.1) is 11.4 Å². The second-order valence-electron chi connectivity index (χ2n) is 17.1. The van der Waals surface area contributed by atoms with Crippen molar-refractivity contribution in [1.82, 2.24) is 0 Å². The Balaban J connectivity index is 0.000000412. The van der Waals surface area contributed by atoms with Crippen LogP contribution >= 0.6 is 0 Å². The van der Waals surface area contributed by atoms with Gasteiger partial charge >= 0.3 is 0 Å². The van der Waals surface area contributed by atoms with E-state index >= 15 is 0 Å². The van der Waals surface area contributed by atoms with E-state index in [1.54, 1.807) is 0 Å². The van der Waals surface area contributed by atoms with E-state index in [1.165, 1.54) is 121 Å². The second-order valence-corrected chi connectivity index (χ2v) is 17.1. The molecule has 8 heteroatoms. The summed E-state index contributed by atoms with van der Waals surface area (Å²) in [6, 6.07) is 25.2. The molecular weight excluding hydrogens is 812 g/mol. The minimum atomic E-state index is -0.0348. The topological polar surface area (TPSA) is 82.9 Å². The predicted octanol–water partition coefficient (Wildman–Crippen LogP) is 15.6. The van der Waals surface area contributed by atoms with E-state index in [2.05, 4.69) is 52.6 Å². The predicted molar refractivity (Wildman–Crippen MR) is 244 cm³/mol. The molecule has 4 fully saturated rings. The van der Waals surface area contributed by atoms with Crippen LogP contribution in [-0.2, 0) is 50.1 Å². The molecule has 2 amide bonds. The summed E-state index contributed by atoms with van der Waals surface area (Å²) in [7, 11) is 0. The zero-order chi connectivity index (χ0) is 41.1. The number of hydrogen-bond acceptors (Lipinski definition) is 4. The number of carbonyl (C=O) groups excluding carboxylic acids is 2. The van der Waals surface area contributed by atoms with Crippen molar-refractivity contribution in [2.24, 2.45) is 39.8 Å². The van der Waals surface area contributed by atoms with E-state index in [0.29, 0.717) is 0 Å². The van der Waals surface area contributed by atoms with Crippen LogP contribution in [0, 0.1) is 29.6 Å². The van der Waals surface area contributed by atoms with Gasteiger partial charge < -0.3 is 10.6 Å². The van der Waals surface area contributed by atoms with Crippen LogP contribution in [-0.4, -0.2) is 11.8 Å². The molecule has 0 aromatic heterocycles. The zero-order valence-corrected chi connectivity index (χ0v) is 39.2. The van der Waals surface area contributed by atoms with Gasteiger partial charge in [0.1, 0.15) is 0 Å². The largest absolute Gasteiger partial charge is 0.326 e. The fourth-order valence-electron chi connectivity index (χ4n) is 7.54. The molecule has 4 aliphatic carbocycles. The molecule has 7 rings (SSSR count). The molecule has 6 nitrogen and oxygen atoms in total. The molecule has 1 atom stereocenters. The van der Waals surface area contributed by atoms with Crippen molar-refractivity contribution < 1.29 is 43.7 Å². The smallest absolute Gasteiger partial charge is 0.226 e. The Hall–Kier alpha value is -3.02. The molecule has 0 saturated heterocycles. The first-order valence-corrected chi connectivity index (χ1v) is 22.5. The number of carbonyl (C=O) groups is 2. The maximum Gasteiger partial charge on any atom is 0.226 e. The van der Waals surface area contributed by atoms with E-state index in [9.17, 15) is 9.59 Å². The molecule has 328 valence electrons.